The van der Waals surface area contributed by atoms with Crippen molar-refractivity contribution in [1.82, 2.24) is 19.9 Å². The first kappa shape index (κ1) is 14.5. The number of hydrogen-bond acceptors (Lipinski definition) is 4. The molecule has 2 rings (SSSR count). The fraction of sp³-hybridized carbons (Fsp3) is 0.833. The van der Waals surface area contributed by atoms with E-state index in [1.54, 1.807) is 0 Å². The smallest absolute Gasteiger partial charge is 0.212 e. The molecule has 0 bridgehead atoms. The first-order valence-electron chi connectivity index (χ1n) is 6.65. The average Bonchev–Trinajstić information content (AvgIpc) is 2.99. The fourth-order valence-electron chi connectivity index (χ4n) is 1.69. The predicted octanol–water partition coefficient (Wildman–Crippen LogP) is 1.32. The molecule has 1 aromatic heterocycles. The van der Waals surface area contributed by atoms with Gasteiger partial charge in [-0.05, 0) is 12.3 Å². The summed E-state index contributed by atoms with van der Waals surface area (Å²) < 4.78 is 26.1. The van der Waals surface area contributed by atoms with Crippen molar-refractivity contribution < 1.29 is 8.42 Å². The Balaban J connectivity index is 1.85. The van der Waals surface area contributed by atoms with Gasteiger partial charge in [0.05, 0.1) is 12.3 Å². The van der Waals surface area contributed by atoms with Gasteiger partial charge in [0.25, 0.3) is 0 Å². The lowest BCUT2D eigenvalue weighted by atomic mass is 9.96. The molecule has 1 saturated carbocycles. The summed E-state index contributed by atoms with van der Waals surface area (Å²) in [6.45, 7) is 6.22. The molecule has 0 amide bonds. The molecule has 1 fully saturated rings. The van der Waals surface area contributed by atoms with Crippen LogP contribution in [0.4, 0.5) is 0 Å². The van der Waals surface area contributed by atoms with Gasteiger partial charge >= 0.3 is 0 Å². The zero-order valence-corrected chi connectivity index (χ0v) is 12.5. The monoisotopic (exact) mass is 286 g/mol. The SMILES string of the molecule is CC(C)(C)c1n[nH]c(CNS(=O)(=O)CCC2CC2)n1. The van der Waals surface area contributed by atoms with Crippen LogP contribution < -0.4 is 4.72 Å². The normalized spacial score (nSPS) is 16.8. The highest BCUT2D eigenvalue weighted by molar-refractivity contribution is 7.89. The fourth-order valence-corrected chi connectivity index (χ4v) is 2.83. The van der Waals surface area contributed by atoms with Gasteiger partial charge < -0.3 is 0 Å². The lowest BCUT2D eigenvalue weighted by Gasteiger charge is -2.11. The highest BCUT2D eigenvalue weighted by Crippen LogP contribution is 2.32. The van der Waals surface area contributed by atoms with Crippen molar-refractivity contribution in [3.63, 3.8) is 0 Å². The molecule has 6 nitrogen and oxygen atoms in total. The standard InChI is InChI=1S/C12H22N4O2S/c1-12(2,3)11-14-10(15-16-11)8-13-19(17,18)7-6-9-4-5-9/h9,13H,4-8H2,1-3H3,(H,14,15,16). The van der Waals surface area contributed by atoms with Crippen LogP contribution >= 0.6 is 0 Å². The summed E-state index contributed by atoms with van der Waals surface area (Å²) in [7, 11) is -3.20. The van der Waals surface area contributed by atoms with Crippen molar-refractivity contribution in [2.75, 3.05) is 5.75 Å². The van der Waals surface area contributed by atoms with Crippen LogP contribution in [0.2, 0.25) is 0 Å². The second kappa shape index (κ2) is 5.20. The summed E-state index contributed by atoms with van der Waals surface area (Å²) in [4.78, 5) is 4.30. The van der Waals surface area contributed by atoms with E-state index in [1.165, 1.54) is 12.8 Å². The first-order chi connectivity index (χ1) is 8.76. The van der Waals surface area contributed by atoms with Crippen LogP contribution in [0.15, 0.2) is 0 Å². The first-order valence-corrected chi connectivity index (χ1v) is 8.30. The number of rotatable bonds is 6. The molecule has 2 N–H and O–H groups in total. The molecule has 7 heteroatoms. The third-order valence-corrected chi connectivity index (χ3v) is 4.51. The Morgan fingerprint density at radius 2 is 2.05 bits per heavy atom. The third-order valence-electron chi connectivity index (χ3n) is 3.15. The Hall–Kier alpha value is -0.950. The largest absolute Gasteiger partial charge is 0.262 e. The van der Waals surface area contributed by atoms with E-state index in [0.29, 0.717) is 17.6 Å². The number of hydrogen-bond donors (Lipinski definition) is 2. The van der Waals surface area contributed by atoms with Crippen molar-refractivity contribution in [3.8, 4) is 0 Å². The van der Waals surface area contributed by atoms with E-state index in [2.05, 4.69) is 19.9 Å². The predicted molar refractivity (Wildman–Crippen MR) is 73.1 cm³/mol. The maximum atomic E-state index is 11.8. The van der Waals surface area contributed by atoms with E-state index < -0.39 is 10.0 Å². The maximum Gasteiger partial charge on any atom is 0.212 e. The molecule has 1 aliphatic rings. The van der Waals surface area contributed by atoms with E-state index in [4.69, 9.17) is 0 Å². The van der Waals surface area contributed by atoms with E-state index >= 15 is 0 Å². The van der Waals surface area contributed by atoms with Crippen molar-refractivity contribution in [2.24, 2.45) is 5.92 Å². The second-order valence-corrected chi connectivity index (χ2v) is 8.15. The third kappa shape index (κ3) is 4.58. The number of H-pyrrole nitrogens is 1. The number of nitrogens with one attached hydrogen (secondary N) is 2. The highest BCUT2D eigenvalue weighted by Gasteiger charge is 2.24. The zero-order valence-electron chi connectivity index (χ0n) is 11.7. The molecular formula is C12H22N4O2S. The summed E-state index contributed by atoms with van der Waals surface area (Å²) in [6, 6.07) is 0. The molecule has 0 radical (unpaired) electrons. The summed E-state index contributed by atoms with van der Waals surface area (Å²) >= 11 is 0. The van der Waals surface area contributed by atoms with Gasteiger partial charge in [-0.2, -0.15) is 5.10 Å². The topological polar surface area (TPSA) is 87.7 Å². The average molecular weight is 286 g/mol. The molecule has 0 spiro atoms. The van der Waals surface area contributed by atoms with Crippen LogP contribution in [-0.4, -0.2) is 29.4 Å². The number of aromatic amines is 1. The number of nitrogens with zero attached hydrogens (tertiary/aromatic N) is 2. The minimum Gasteiger partial charge on any atom is -0.262 e. The van der Waals surface area contributed by atoms with E-state index in [-0.39, 0.29) is 17.7 Å². The Kier molecular flexibility index (Phi) is 3.96. The molecule has 0 atom stereocenters. The number of aromatic nitrogens is 3. The molecule has 19 heavy (non-hydrogen) atoms. The van der Waals surface area contributed by atoms with Crippen molar-refractivity contribution in [3.05, 3.63) is 11.6 Å². The van der Waals surface area contributed by atoms with Gasteiger partial charge in [-0.3, -0.25) is 5.10 Å². The van der Waals surface area contributed by atoms with Gasteiger partial charge in [-0.15, -0.1) is 0 Å². The van der Waals surface area contributed by atoms with Gasteiger partial charge in [0.2, 0.25) is 10.0 Å². The molecule has 0 aliphatic heterocycles. The van der Waals surface area contributed by atoms with E-state index in [1.807, 2.05) is 20.8 Å². The zero-order chi connectivity index (χ0) is 14.1. The van der Waals surface area contributed by atoms with Crippen molar-refractivity contribution in [1.29, 1.82) is 0 Å². The minimum absolute atomic E-state index is 0.139. The van der Waals surface area contributed by atoms with E-state index in [0.717, 1.165) is 6.42 Å². The van der Waals surface area contributed by atoms with Gasteiger partial charge in [0.1, 0.15) is 5.82 Å². The van der Waals surface area contributed by atoms with Gasteiger partial charge in [0, 0.05) is 5.41 Å². The van der Waals surface area contributed by atoms with Crippen LogP contribution in [0.5, 0.6) is 0 Å². The Bertz CT molecular complexity index is 526. The van der Waals surface area contributed by atoms with Crippen LogP contribution in [0.1, 0.15) is 51.7 Å². The molecule has 1 aliphatic carbocycles. The van der Waals surface area contributed by atoms with Crippen molar-refractivity contribution in [2.45, 2.75) is 52.0 Å². The molecular weight excluding hydrogens is 264 g/mol. The van der Waals surface area contributed by atoms with Crippen LogP contribution in [0, 0.1) is 5.92 Å². The summed E-state index contributed by atoms with van der Waals surface area (Å²) in [5.41, 5.74) is -0.139. The molecule has 0 unspecified atom stereocenters. The van der Waals surface area contributed by atoms with Gasteiger partial charge in [-0.1, -0.05) is 33.6 Å². The highest BCUT2D eigenvalue weighted by atomic mass is 32.2. The lowest BCUT2D eigenvalue weighted by Crippen LogP contribution is -2.26. The minimum atomic E-state index is -3.20. The lowest BCUT2D eigenvalue weighted by molar-refractivity contribution is 0.547. The van der Waals surface area contributed by atoms with Crippen LogP contribution in [0.3, 0.4) is 0 Å². The van der Waals surface area contributed by atoms with Gasteiger partial charge in [0.15, 0.2) is 5.82 Å². The van der Waals surface area contributed by atoms with E-state index in [9.17, 15) is 8.42 Å². The molecule has 0 aromatic carbocycles. The quantitative estimate of drug-likeness (QED) is 0.825. The summed E-state index contributed by atoms with van der Waals surface area (Å²) in [5, 5.41) is 6.88. The van der Waals surface area contributed by atoms with Gasteiger partial charge in [-0.25, -0.2) is 18.1 Å². The second-order valence-electron chi connectivity index (χ2n) is 6.23. The van der Waals surface area contributed by atoms with Crippen LogP contribution in [-0.2, 0) is 22.0 Å². The summed E-state index contributed by atoms with van der Waals surface area (Å²) in [5.74, 6) is 2.08. The molecule has 108 valence electrons. The molecule has 1 aromatic rings. The Morgan fingerprint density at radius 3 is 2.58 bits per heavy atom. The number of sulfonamides is 1. The molecule has 1 heterocycles. The Labute approximate surface area is 114 Å². The maximum absolute atomic E-state index is 11.8. The van der Waals surface area contributed by atoms with Crippen LogP contribution in [0.25, 0.3) is 0 Å². The van der Waals surface area contributed by atoms with Crippen molar-refractivity contribution >= 4 is 10.0 Å². The molecule has 0 saturated heterocycles. The summed E-state index contributed by atoms with van der Waals surface area (Å²) in [6.07, 6.45) is 3.11. The Morgan fingerprint density at radius 1 is 1.37 bits per heavy atom.